The van der Waals surface area contributed by atoms with Crippen LogP contribution in [0.4, 0.5) is 0 Å². The molecule has 184 valence electrons. The monoisotopic (exact) mass is 437 g/mol. The van der Waals surface area contributed by atoms with Gasteiger partial charge in [-0.2, -0.15) is 0 Å². The highest BCUT2D eigenvalue weighted by atomic mass is 16.3. The molecule has 0 saturated carbocycles. The number of rotatable bonds is 24. The maximum atomic E-state index is 12.0. The van der Waals surface area contributed by atoms with Gasteiger partial charge in [0.2, 0.25) is 5.91 Å². The topological polar surface area (TPSA) is 49.3 Å². The summed E-state index contributed by atoms with van der Waals surface area (Å²) >= 11 is 0. The van der Waals surface area contributed by atoms with E-state index in [1.165, 1.54) is 96.3 Å². The van der Waals surface area contributed by atoms with Crippen LogP contribution in [0.3, 0.4) is 0 Å². The lowest BCUT2D eigenvalue weighted by Gasteiger charge is -2.16. The number of aliphatic hydroxyl groups excluding tert-OH is 1. The molecule has 0 aliphatic heterocycles. The molecule has 0 spiro atoms. The number of carbonyl (C=O) groups excluding carboxylic acids is 1. The van der Waals surface area contributed by atoms with Crippen LogP contribution in [-0.2, 0) is 4.79 Å². The van der Waals surface area contributed by atoms with E-state index in [2.05, 4.69) is 31.3 Å². The highest BCUT2D eigenvalue weighted by Crippen LogP contribution is 2.12. The Morgan fingerprint density at radius 1 is 0.677 bits per heavy atom. The lowest BCUT2D eigenvalue weighted by molar-refractivity contribution is -0.122. The summed E-state index contributed by atoms with van der Waals surface area (Å²) in [6.07, 6.45) is 30.5. The number of aliphatic hydroxyl groups is 1. The van der Waals surface area contributed by atoms with Gasteiger partial charge in [-0.3, -0.25) is 4.79 Å². The lowest BCUT2D eigenvalue weighted by Crippen LogP contribution is -2.35. The first-order chi connectivity index (χ1) is 15.2. The van der Waals surface area contributed by atoms with Gasteiger partial charge in [0, 0.05) is 19.1 Å². The number of allylic oxidation sites excluding steroid dienone is 2. The lowest BCUT2D eigenvalue weighted by atomic mass is 10.0. The van der Waals surface area contributed by atoms with Crippen LogP contribution in [0.1, 0.15) is 149 Å². The van der Waals surface area contributed by atoms with Gasteiger partial charge in [0.25, 0.3) is 0 Å². The van der Waals surface area contributed by atoms with E-state index >= 15 is 0 Å². The first kappa shape index (κ1) is 30.2. The third-order valence-electron chi connectivity index (χ3n) is 6.15. The molecule has 1 atom stereocenters. The second kappa shape index (κ2) is 25.4. The van der Waals surface area contributed by atoms with Crippen LogP contribution in [0.2, 0.25) is 0 Å². The van der Waals surface area contributed by atoms with Gasteiger partial charge in [0.05, 0.1) is 0 Å². The molecule has 1 amide bonds. The van der Waals surface area contributed by atoms with Crippen LogP contribution in [-0.4, -0.2) is 23.7 Å². The molecule has 0 aromatic rings. The minimum Gasteiger partial charge on any atom is -0.396 e. The van der Waals surface area contributed by atoms with Crippen LogP contribution >= 0.6 is 0 Å². The van der Waals surface area contributed by atoms with Crippen molar-refractivity contribution in [3.8, 4) is 0 Å². The van der Waals surface area contributed by atoms with Crippen molar-refractivity contribution in [1.82, 2.24) is 5.32 Å². The van der Waals surface area contributed by atoms with E-state index in [-0.39, 0.29) is 18.6 Å². The van der Waals surface area contributed by atoms with E-state index in [1.807, 2.05) is 0 Å². The number of unbranched alkanes of at least 4 members (excludes halogenated alkanes) is 15. The van der Waals surface area contributed by atoms with E-state index in [9.17, 15) is 4.79 Å². The van der Waals surface area contributed by atoms with Crippen molar-refractivity contribution < 1.29 is 9.90 Å². The summed E-state index contributed by atoms with van der Waals surface area (Å²) in [5.74, 6) is 0.160. The van der Waals surface area contributed by atoms with Crippen molar-refractivity contribution in [3.05, 3.63) is 12.2 Å². The van der Waals surface area contributed by atoms with Crippen molar-refractivity contribution in [2.45, 2.75) is 155 Å². The Hall–Kier alpha value is -0.830. The zero-order valence-corrected chi connectivity index (χ0v) is 21.1. The van der Waals surface area contributed by atoms with Gasteiger partial charge < -0.3 is 10.4 Å². The van der Waals surface area contributed by atoms with Crippen LogP contribution < -0.4 is 5.32 Å². The molecule has 0 radical (unpaired) electrons. The zero-order chi connectivity index (χ0) is 22.8. The maximum absolute atomic E-state index is 12.0. The Morgan fingerprint density at radius 2 is 1.16 bits per heavy atom. The van der Waals surface area contributed by atoms with Crippen molar-refractivity contribution in [2.24, 2.45) is 0 Å². The second-order valence-corrected chi connectivity index (χ2v) is 9.31. The molecule has 3 heteroatoms. The molecule has 0 aliphatic carbocycles. The van der Waals surface area contributed by atoms with Crippen molar-refractivity contribution in [2.75, 3.05) is 6.61 Å². The predicted octanol–water partition coefficient (Wildman–Crippen LogP) is 8.25. The Balaban J connectivity index is 3.30. The van der Waals surface area contributed by atoms with Crippen LogP contribution in [0.25, 0.3) is 0 Å². The highest BCUT2D eigenvalue weighted by molar-refractivity contribution is 5.76. The average molecular weight is 438 g/mol. The van der Waals surface area contributed by atoms with Crippen molar-refractivity contribution in [1.29, 1.82) is 0 Å². The Bertz CT molecular complexity index is 388. The highest BCUT2D eigenvalue weighted by Gasteiger charge is 2.10. The average Bonchev–Trinajstić information content (AvgIpc) is 2.75. The zero-order valence-electron chi connectivity index (χ0n) is 21.1. The third kappa shape index (κ3) is 23.7. The molecule has 3 nitrogen and oxygen atoms in total. The summed E-state index contributed by atoms with van der Waals surface area (Å²) in [5, 5.41) is 12.1. The third-order valence-corrected chi connectivity index (χ3v) is 6.15. The summed E-state index contributed by atoms with van der Waals surface area (Å²) in [7, 11) is 0. The maximum Gasteiger partial charge on any atom is 0.220 e. The first-order valence-electron chi connectivity index (χ1n) is 13.8. The second-order valence-electron chi connectivity index (χ2n) is 9.31. The van der Waals surface area contributed by atoms with Crippen molar-refractivity contribution >= 4 is 5.91 Å². The van der Waals surface area contributed by atoms with Crippen LogP contribution in [0.15, 0.2) is 12.2 Å². The van der Waals surface area contributed by atoms with E-state index < -0.39 is 0 Å². The van der Waals surface area contributed by atoms with E-state index in [0.717, 1.165) is 25.7 Å². The fourth-order valence-corrected chi connectivity index (χ4v) is 4.16. The van der Waals surface area contributed by atoms with Gasteiger partial charge in [0.1, 0.15) is 0 Å². The SMILES string of the molecule is CCCCCCCC/C=C\CCCCCCCCCCCC(=O)NC(CCC)CCO. The summed E-state index contributed by atoms with van der Waals surface area (Å²) in [4.78, 5) is 12.0. The van der Waals surface area contributed by atoms with Gasteiger partial charge in [-0.25, -0.2) is 0 Å². The fraction of sp³-hybridized carbons (Fsp3) is 0.893. The van der Waals surface area contributed by atoms with Gasteiger partial charge >= 0.3 is 0 Å². The molecule has 0 rings (SSSR count). The summed E-state index contributed by atoms with van der Waals surface area (Å²) in [5.41, 5.74) is 0. The number of nitrogens with one attached hydrogen (secondary N) is 1. The summed E-state index contributed by atoms with van der Waals surface area (Å²) < 4.78 is 0. The molecule has 2 N–H and O–H groups in total. The molecular formula is C28H55NO2. The molecular weight excluding hydrogens is 382 g/mol. The molecule has 0 heterocycles. The number of carbonyl (C=O) groups is 1. The quantitative estimate of drug-likeness (QED) is 0.118. The normalized spacial score (nSPS) is 12.5. The van der Waals surface area contributed by atoms with E-state index in [1.54, 1.807) is 0 Å². The molecule has 0 aromatic carbocycles. The standard InChI is InChI=1S/C28H55NO2/c1-3-5-6-7-8-9-10-11-12-13-14-15-16-17-18-19-20-21-22-24-28(31)29-27(23-4-2)25-26-30/h11-12,27,30H,3-10,13-26H2,1-2H3,(H,29,31)/b12-11-. The number of hydrogen-bond donors (Lipinski definition) is 2. The molecule has 1 unspecified atom stereocenters. The Morgan fingerprint density at radius 3 is 1.65 bits per heavy atom. The largest absolute Gasteiger partial charge is 0.396 e. The minimum absolute atomic E-state index is 0.151. The molecule has 0 aromatic heterocycles. The van der Waals surface area contributed by atoms with Crippen LogP contribution in [0.5, 0.6) is 0 Å². The molecule has 31 heavy (non-hydrogen) atoms. The molecule has 0 fully saturated rings. The van der Waals surface area contributed by atoms with Gasteiger partial charge in [0.15, 0.2) is 0 Å². The number of amides is 1. The van der Waals surface area contributed by atoms with E-state index in [0.29, 0.717) is 12.8 Å². The van der Waals surface area contributed by atoms with Crippen LogP contribution in [0, 0.1) is 0 Å². The smallest absolute Gasteiger partial charge is 0.220 e. The predicted molar refractivity (Wildman–Crippen MR) is 136 cm³/mol. The van der Waals surface area contributed by atoms with Gasteiger partial charge in [-0.1, -0.05) is 109 Å². The van der Waals surface area contributed by atoms with Gasteiger partial charge in [-0.15, -0.1) is 0 Å². The Labute approximate surface area is 194 Å². The molecule has 0 saturated heterocycles. The summed E-state index contributed by atoms with van der Waals surface area (Å²) in [6.45, 7) is 4.55. The van der Waals surface area contributed by atoms with Crippen molar-refractivity contribution in [3.63, 3.8) is 0 Å². The fourth-order valence-electron chi connectivity index (χ4n) is 4.16. The van der Waals surface area contributed by atoms with E-state index in [4.69, 9.17) is 5.11 Å². The molecule has 0 aliphatic rings. The molecule has 0 bridgehead atoms. The minimum atomic E-state index is 0.151. The first-order valence-corrected chi connectivity index (χ1v) is 13.8. The number of hydrogen-bond acceptors (Lipinski definition) is 2. The van der Waals surface area contributed by atoms with Gasteiger partial charge in [-0.05, 0) is 44.9 Å². The summed E-state index contributed by atoms with van der Waals surface area (Å²) in [6, 6.07) is 0.151. The Kier molecular flexibility index (Phi) is 24.7.